The van der Waals surface area contributed by atoms with Crippen molar-refractivity contribution in [2.45, 2.75) is 13.5 Å². The van der Waals surface area contributed by atoms with E-state index in [9.17, 15) is 0 Å². The highest BCUT2D eigenvalue weighted by atomic mass is 35.5. The van der Waals surface area contributed by atoms with E-state index in [0.29, 0.717) is 11.7 Å². The van der Waals surface area contributed by atoms with E-state index in [-0.39, 0.29) is 0 Å². The predicted octanol–water partition coefficient (Wildman–Crippen LogP) is 3.70. The fraction of sp³-hybridized carbons (Fsp3) is 0.167. The molecule has 88 valence electrons. The summed E-state index contributed by atoms with van der Waals surface area (Å²) in [5, 5.41) is 4.38. The van der Waals surface area contributed by atoms with Crippen LogP contribution in [0.15, 0.2) is 30.6 Å². The van der Waals surface area contributed by atoms with Crippen molar-refractivity contribution < 1.29 is 0 Å². The van der Waals surface area contributed by atoms with Crippen molar-refractivity contribution in [2.24, 2.45) is 0 Å². The normalized spacial score (nSPS) is 10.3. The van der Waals surface area contributed by atoms with E-state index >= 15 is 0 Å². The van der Waals surface area contributed by atoms with Crippen LogP contribution in [0.25, 0.3) is 0 Å². The molecule has 0 fully saturated rings. The average molecular weight is 268 g/mol. The van der Waals surface area contributed by atoms with Crippen LogP contribution in [0.5, 0.6) is 0 Å². The van der Waals surface area contributed by atoms with Gasteiger partial charge < -0.3 is 5.32 Å². The number of hydrogen-bond donors (Lipinski definition) is 1. The van der Waals surface area contributed by atoms with Crippen LogP contribution in [0.3, 0.4) is 0 Å². The Balaban J connectivity index is 2.13. The first-order valence-electron chi connectivity index (χ1n) is 5.13. The quantitative estimate of drug-likeness (QED) is 0.862. The second-order valence-electron chi connectivity index (χ2n) is 3.58. The molecule has 0 atom stereocenters. The molecule has 0 amide bonds. The maximum Gasteiger partial charge on any atom is 0.137 e. The Morgan fingerprint density at radius 1 is 1.18 bits per heavy atom. The summed E-state index contributed by atoms with van der Waals surface area (Å²) in [5.41, 5.74) is 1.85. The van der Waals surface area contributed by atoms with Gasteiger partial charge >= 0.3 is 0 Å². The first kappa shape index (κ1) is 12.1. The van der Waals surface area contributed by atoms with Crippen LogP contribution in [-0.2, 0) is 6.54 Å². The van der Waals surface area contributed by atoms with Gasteiger partial charge in [0, 0.05) is 17.1 Å². The van der Waals surface area contributed by atoms with E-state index in [0.717, 1.165) is 22.0 Å². The number of halogens is 2. The van der Waals surface area contributed by atoms with Crippen LogP contribution < -0.4 is 5.32 Å². The summed E-state index contributed by atoms with van der Waals surface area (Å²) in [4.78, 5) is 8.03. The van der Waals surface area contributed by atoms with E-state index in [4.69, 9.17) is 23.2 Å². The predicted molar refractivity (Wildman–Crippen MR) is 70.6 cm³/mol. The van der Waals surface area contributed by atoms with Gasteiger partial charge in [0.15, 0.2) is 0 Å². The number of aromatic nitrogens is 2. The van der Waals surface area contributed by atoms with Gasteiger partial charge in [0.25, 0.3) is 0 Å². The molecule has 3 nitrogen and oxygen atoms in total. The third kappa shape index (κ3) is 2.87. The van der Waals surface area contributed by atoms with E-state index in [1.165, 1.54) is 6.33 Å². The third-order valence-corrected chi connectivity index (χ3v) is 3.18. The number of nitrogens with zero attached hydrogens (tertiary/aromatic N) is 2. The second-order valence-corrected chi connectivity index (χ2v) is 4.35. The molecule has 1 aromatic carbocycles. The van der Waals surface area contributed by atoms with E-state index < -0.39 is 0 Å². The summed E-state index contributed by atoms with van der Waals surface area (Å²) in [6.45, 7) is 2.48. The Bertz CT molecular complexity index is 529. The largest absolute Gasteiger partial charge is 0.366 e. The second kappa shape index (κ2) is 5.34. The molecular formula is C12H11Cl2N3. The minimum absolute atomic E-state index is 0.460. The number of nitrogens with one attached hydrogen (secondary N) is 1. The summed E-state index contributed by atoms with van der Waals surface area (Å²) in [6, 6.07) is 7.67. The van der Waals surface area contributed by atoms with E-state index in [1.54, 1.807) is 0 Å². The lowest BCUT2D eigenvalue weighted by Crippen LogP contribution is -2.04. The molecule has 1 heterocycles. The molecule has 0 aliphatic carbocycles. The molecule has 1 N–H and O–H groups in total. The molecule has 2 rings (SSSR count). The van der Waals surface area contributed by atoms with Crippen molar-refractivity contribution in [3.63, 3.8) is 0 Å². The standard InChI is InChI=1S/C12H11Cl2N3/c1-8-11(14)16-7-17-12(8)15-6-9-4-2-3-5-10(9)13/h2-5,7H,6H2,1H3,(H,15,16,17). The van der Waals surface area contributed by atoms with Crippen LogP contribution in [-0.4, -0.2) is 9.97 Å². The first-order chi connectivity index (χ1) is 8.18. The van der Waals surface area contributed by atoms with Gasteiger partial charge in [0.2, 0.25) is 0 Å². The smallest absolute Gasteiger partial charge is 0.137 e. The lowest BCUT2D eigenvalue weighted by Gasteiger charge is -2.09. The monoisotopic (exact) mass is 267 g/mol. The molecule has 5 heteroatoms. The van der Waals surface area contributed by atoms with Crippen molar-refractivity contribution in [1.82, 2.24) is 9.97 Å². The Kier molecular flexibility index (Phi) is 3.82. The summed E-state index contributed by atoms with van der Waals surface area (Å²) in [6.07, 6.45) is 1.43. The zero-order valence-corrected chi connectivity index (χ0v) is 10.8. The summed E-state index contributed by atoms with van der Waals surface area (Å²) < 4.78 is 0. The Morgan fingerprint density at radius 2 is 1.94 bits per heavy atom. The zero-order valence-electron chi connectivity index (χ0n) is 9.24. The number of rotatable bonds is 3. The fourth-order valence-electron chi connectivity index (χ4n) is 1.43. The lowest BCUT2D eigenvalue weighted by molar-refractivity contribution is 1.06. The van der Waals surface area contributed by atoms with Crippen LogP contribution in [0.2, 0.25) is 10.2 Å². The molecule has 0 aliphatic heterocycles. The van der Waals surface area contributed by atoms with Gasteiger partial charge in [-0.1, -0.05) is 41.4 Å². The van der Waals surface area contributed by atoms with Crippen LogP contribution in [0.1, 0.15) is 11.1 Å². The van der Waals surface area contributed by atoms with E-state index in [1.807, 2.05) is 31.2 Å². The van der Waals surface area contributed by atoms with Gasteiger partial charge in [-0.15, -0.1) is 0 Å². The van der Waals surface area contributed by atoms with Gasteiger partial charge in [0.1, 0.15) is 17.3 Å². The third-order valence-electron chi connectivity index (χ3n) is 2.43. The fourth-order valence-corrected chi connectivity index (χ4v) is 1.76. The summed E-state index contributed by atoms with van der Waals surface area (Å²) >= 11 is 12.0. The molecule has 0 saturated heterocycles. The number of anilines is 1. The van der Waals surface area contributed by atoms with Gasteiger partial charge in [-0.3, -0.25) is 0 Å². The first-order valence-corrected chi connectivity index (χ1v) is 5.88. The number of hydrogen-bond acceptors (Lipinski definition) is 3. The Morgan fingerprint density at radius 3 is 2.71 bits per heavy atom. The van der Waals surface area contributed by atoms with Crippen molar-refractivity contribution in [3.05, 3.63) is 51.9 Å². The highest BCUT2D eigenvalue weighted by molar-refractivity contribution is 6.31. The molecule has 0 spiro atoms. The molecular weight excluding hydrogens is 257 g/mol. The molecule has 0 bridgehead atoms. The van der Waals surface area contributed by atoms with Gasteiger partial charge in [-0.25, -0.2) is 9.97 Å². The number of benzene rings is 1. The molecule has 0 saturated carbocycles. The molecule has 2 aromatic rings. The van der Waals surface area contributed by atoms with Gasteiger partial charge in [-0.05, 0) is 18.6 Å². The van der Waals surface area contributed by atoms with Crippen molar-refractivity contribution in [2.75, 3.05) is 5.32 Å². The highest BCUT2D eigenvalue weighted by Gasteiger charge is 2.05. The molecule has 0 radical (unpaired) electrons. The van der Waals surface area contributed by atoms with E-state index in [2.05, 4.69) is 15.3 Å². The summed E-state index contributed by atoms with van der Waals surface area (Å²) in [5.74, 6) is 0.727. The van der Waals surface area contributed by atoms with Crippen LogP contribution in [0.4, 0.5) is 5.82 Å². The topological polar surface area (TPSA) is 37.8 Å². The molecule has 17 heavy (non-hydrogen) atoms. The maximum atomic E-state index is 6.06. The van der Waals surface area contributed by atoms with Gasteiger partial charge in [-0.2, -0.15) is 0 Å². The van der Waals surface area contributed by atoms with Crippen LogP contribution >= 0.6 is 23.2 Å². The van der Waals surface area contributed by atoms with Crippen LogP contribution in [0, 0.1) is 6.92 Å². The molecule has 1 aromatic heterocycles. The minimum Gasteiger partial charge on any atom is -0.366 e. The minimum atomic E-state index is 0.460. The Hall–Kier alpha value is -1.32. The molecule has 0 unspecified atom stereocenters. The molecule has 0 aliphatic rings. The lowest BCUT2D eigenvalue weighted by atomic mass is 10.2. The van der Waals surface area contributed by atoms with Gasteiger partial charge in [0.05, 0.1) is 0 Å². The van der Waals surface area contributed by atoms with Crippen molar-refractivity contribution >= 4 is 29.0 Å². The van der Waals surface area contributed by atoms with Crippen molar-refractivity contribution in [3.8, 4) is 0 Å². The average Bonchev–Trinajstić information content (AvgIpc) is 2.33. The zero-order chi connectivity index (χ0) is 12.3. The summed E-state index contributed by atoms with van der Waals surface area (Å²) in [7, 11) is 0. The Labute approximate surface area is 110 Å². The van der Waals surface area contributed by atoms with Crippen molar-refractivity contribution in [1.29, 1.82) is 0 Å². The highest BCUT2D eigenvalue weighted by Crippen LogP contribution is 2.20. The maximum absolute atomic E-state index is 6.06. The SMILES string of the molecule is Cc1c(Cl)ncnc1NCc1ccccc1Cl.